The molecule has 0 fully saturated rings. The molecule has 0 aromatic heterocycles. The zero-order valence-corrected chi connectivity index (χ0v) is 7.10. The molecular weight excluding hydrogens is 168 g/mol. The lowest BCUT2D eigenvalue weighted by Gasteiger charge is -1.96. The third-order valence-electron chi connectivity index (χ3n) is 1.17. The Hall–Kier alpha value is -1.97. The summed E-state index contributed by atoms with van der Waals surface area (Å²) in [6.45, 7) is 3.14. The van der Waals surface area contributed by atoms with Crippen LogP contribution in [0.2, 0.25) is 0 Å². The Kier molecular flexibility index (Phi) is 4.79. The summed E-state index contributed by atoms with van der Waals surface area (Å²) < 4.78 is 0. The number of phenols is 1. The molecule has 0 saturated heterocycles. The van der Waals surface area contributed by atoms with E-state index < -0.39 is 5.91 Å². The summed E-state index contributed by atoms with van der Waals surface area (Å²) in [6.07, 6.45) is 1.25. The van der Waals surface area contributed by atoms with Crippen molar-refractivity contribution in [1.82, 2.24) is 0 Å². The molecule has 1 aromatic carbocycles. The highest BCUT2D eigenvalue weighted by Gasteiger charge is 2.03. The van der Waals surface area contributed by atoms with Crippen molar-refractivity contribution in [3.05, 3.63) is 42.6 Å². The van der Waals surface area contributed by atoms with Gasteiger partial charge in [0, 0.05) is 0 Å². The van der Waals surface area contributed by atoms with Crippen LogP contribution in [0, 0.1) is 0 Å². The minimum absolute atomic E-state index is 0.0741. The Bertz CT molecular complexity index is 297. The van der Waals surface area contributed by atoms with Crippen molar-refractivity contribution in [3.8, 4) is 5.75 Å². The lowest BCUT2D eigenvalue weighted by atomic mass is 10.2. The van der Waals surface area contributed by atoms with Gasteiger partial charge in [-0.3, -0.25) is 4.79 Å². The molecule has 0 unspecified atom stereocenters. The van der Waals surface area contributed by atoms with Gasteiger partial charge in [-0.2, -0.15) is 0 Å². The van der Waals surface area contributed by atoms with Crippen LogP contribution in [0.4, 0.5) is 0 Å². The number of aromatic hydroxyl groups is 1. The van der Waals surface area contributed by atoms with Gasteiger partial charge < -0.3 is 16.6 Å². The monoisotopic (exact) mass is 180 g/mol. The topological polar surface area (TPSA) is 89.3 Å². The molecule has 0 bridgehead atoms. The maximum Gasteiger partial charge on any atom is 0.252 e. The number of carbonyl (C=O) groups excluding carboxylic acids is 1. The molecule has 0 aliphatic carbocycles. The molecule has 0 heterocycles. The highest BCUT2D eigenvalue weighted by Crippen LogP contribution is 2.13. The van der Waals surface area contributed by atoms with Gasteiger partial charge in [-0.05, 0) is 18.3 Å². The highest BCUT2D eigenvalue weighted by molar-refractivity contribution is 5.95. The van der Waals surface area contributed by atoms with Crippen molar-refractivity contribution in [1.29, 1.82) is 0 Å². The van der Waals surface area contributed by atoms with E-state index in [1.807, 2.05) is 0 Å². The minimum Gasteiger partial charge on any atom is -0.507 e. The van der Waals surface area contributed by atoms with E-state index in [-0.39, 0.29) is 11.3 Å². The molecule has 70 valence electrons. The molecule has 0 saturated carbocycles. The van der Waals surface area contributed by atoms with Gasteiger partial charge in [0.15, 0.2) is 0 Å². The average molecular weight is 180 g/mol. The number of amides is 1. The summed E-state index contributed by atoms with van der Waals surface area (Å²) in [4.78, 5) is 10.5. The largest absolute Gasteiger partial charge is 0.507 e. The molecule has 4 heteroatoms. The van der Waals surface area contributed by atoms with Crippen molar-refractivity contribution < 1.29 is 9.90 Å². The summed E-state index contributed by atoms with van der Waals surface area (Å²) in [7, 11) is 0. The van der Waals surface area contributed by atoms with Gasteiger partial charge in [0.25, 0.3) is 5.91 Å². The van der Waals surface area contributed by atoms with Crippen LogP contribution in [0.25, 0.3) is 0 Å². The predicted molar refractivity (Wildman–Crippen MR) is 51.0 cm³/mol. The second-order valence-corrected chi connectivity index (χ2v) is 2.12. The molecule has 0 spiro atoms. The Labute approximate surface area is 76.5 Å². The van der Waals surface area contributed by atoms with Crippen LogP contribution >= 0.6 is 0 Å². The number of para-hydroxylation sites is 1. The van der Waals surface area contributed by atoms with Crippen LogP contribution in [0.3, 0.4) is 0 Å². The summed E-state index contributed by atoms with van der Waals surface area (Å²) in [6, 6.07) is 6.15. The Morgan fingerprint density at radius 1 is 1.46 bits per heavy atom. The summed E-state index contributed by atoms with van der Waals surface area (Å²) in [5.41, 5.74) is 9.68. The first-order valence-corrected chi connectivity index (χ1v) is 3.54. The first-order valence-electron chi connectivity index (χ1n) is 3.54. The lowest BCUT2D eigenvalue weighted by molar-refractivity contribution is 0.0998. The predicted octanol–water partition coefficient (Wildman–Crippen LogP) is 0.580. The summed E-state index contributed by atoms with van der Waals surface area (Å²) in [5, 5.41) is 8.98. The normalized spacial score (nSPS) is 8.00. The van der Waals surface area contributed by atoms with Gasteiger partial charge in [-0.15, -0.1) is 0 Å². The van der Waals surface area contributed by atoms with E-state index in [4.69, 9.17) is 10.8 Å². The van der Waals surface area contributed by atoms with E-state index >= 15 is 0 Å². The fraction of sp³-hybridized carbons (Fsp3) is 0. The number of carbonyl (C=O) groups is 1. The molecule has 4 nitrogen and oxygen atoms in total. The molecule has 1 rings (SSSR count). The molecule has 0 aliphatic rings. The fourth-order valence-electron chi connectivity index (χ4n) is 0.682. The molecule has 1 aromatic rings. The van der Waals surface area contributed by atoms with Crippen molar-refractivity contribution in [3.63, 3.8) is 0 Å². The number of hydrogen-bond donors (Lipinski definition) is 3. The quantitative estimate of drug-likeness (QED) is 0.590. The van der Waals surface area contributed by atoms with Crippen molar-refractivity contribution >= 4 is 5.91 Å². The van der Waals surface area contributed by atoms with Crippen molar-refractivity contribution in [2.45, 2.75) is 0 Å². The standard InChI is InChI=1S/C7H7NO2.C2H5N/c8-7(10)5-3-1-2-4-6(5)9;1-2-3/h1-4,9H,(H2,8,10);2H,1,3H2. The molecule has 1 amide bonds. The van der Waals surface area contributed by atoms with Gasteiger partial charge in [-0.1, -0.05) is 18.7 Å². The van der Waals surface area contributed by atoms with Gasteiger partial charge in [0.2, 0.25) is 0 Å². The number of rotatable bonds is 1. The molecular formula is C9H12N2O2. The van der Waals surface area contributed by atoms with E-state index in [0.29, 0.717) is 0 Å². The first kappa shape index (κ1) is 11.0. The van der Waals surface area contributed by atoms with Crippen LogP contribution in [-0.2, 0) is 0 Å². The number of nitrogens with two attached hydrogens (primary N) is 2. The van der Waals surface area contributed by atoms with Gasteiger partial charge >= 0.3 is 0 Å². The molecule has 0 radical (unpaired) electrons. The Morgan fingerprint density at radius 2 is 1.92 bits per heavy atom. The van der Waals surface area contributed by atoms with Crippen LogP contribution in [-0.4, -0.2) is 11.0 Å². The number of benzene rings is 1. The molecule has 13 heavy (non-hydrogen) atoms. The fourth-order valence-corrected chi connectivity index (χ4v) is 0.682. The van der Waals surface area contributed by atoms with Crippen molar-refractivity contribution in [2.24, 2.45) is 11.5 Å². The Morgan fingerprint density at radius 3 is 2.23 bits per heavy atom. The van der Waals surface area contributed by atoms with Crippen LogP contribution in [0.15, 0.2) is 37.0 Å². The van der Waals surface area contributed by atoms with Gasteiger partial charge in [0.05, 0.1) is 5.56 Å². The molecule has 5 N–H and O–H groups in total. The van der Waals surface area contributed by atoms with E-state index in [0.717, 1.165) is 0 Å². The van der Waals surface area contributed by atoms with Crippen molar-refractivity contribution in [2.75, 3.05) is 0 Å². The van der Waals surface area contributed by atoms with Crippen LogP contribution < -0.4 is 11.5 Å². The van der Waals surface area contributed by atoms with Crippen LogP contribution in [0.1, 0.15) is 10.4 Å². The lowest BCUT2D eigenvalue weighted by Crippen LogP contribution is -2.10. The summed E-state index contributed by atoms with van der Waals surface area (Å²) in [5.74, 6) is -0.687. The smallest absolute Gasteiger partial charge is 0.252 e. The second kappa shape index (κ2) is 5.65. The summed E-state index contributed by atoms with van der Waals surface area (Å²) >= 11 is 0. The maximum absolute atomic E-state index is 10.5. The third-order valence-corrected chi connectivity index (χ3v) is 1.17. The zero-order valence-electron chi connectivity index (χ0n) is 7.10. The highest BCUT2D eigenvalue weighted by atomic mass is 16.3. The SMILES string of the molecule is C=CN.NC(=O)c1ccccc1O. The van der Waals surface area contributed by atoms with Gasteiger partial charge in [-0.25, -0.2) is 0 Å². The first-order chi connectivity index (χ1) is 6.13. The van der Waals surface area contributed by atoms with Gasteiger partial charge in [0.1, 0.15) is 5.75 Å². The van der Waals surface area contributed by atoms with E-state index in [1.54, 1.807) is 12.1 Å². The Balaban J connectivity index is 0.000000424. The third kappa shape index (κ3) is 3.81. The zero-order chi connectivity index (χ0) is 10.3. The van der Waals surface area contributed by atoms with E-state index in [2.05, 4.69) is 12.3 Å². The molecule has 0 atom stereocenters. The average Bonchev–Trinajstić information content (AvgIpc) is 2.06. The maximum atomic E-state index is 10.5. The number of hydrogen-bond acceptors (Lipinski definition) is 3. The minimum atomic E-state index is -0.613. The van der Waals surface area contributed by atoms with Crippen LogP contribution in [0.5, 0.6) is 5.75 Å². The van der Waals surface area contributed by atoms with E-state index in [9.17, 15) is 4.79 Å². The number of primary amides is 1. The molecule has 0 aliphatic heterocycles. The van der Waals surface area contributed by atoms with E-state index in [1.165, 1.54) is 18.3 Å². The second-order valence-electron chi connectivity index (χ2n) is 2.12.